The third kappa shape index (κ3) is 3.78. The first kappa shape index (κ1) is 15.9. The fourth-order valence-corrected chi connectivity index (χ4v) is 2.41. The van der Waals surface area contributed by atoms with Gasteiger partial charge in [-0.3, -0.25) is 18.9 Å². The standard InChI is InChI=1S/C11H15N2O7P/c1-6-5-13(11(16)12-10(6)15)9-4-7(14)8(20-9)2-3-21(17,18)19/h2-3,5,7-9,14H,4H2,1H3,(H,12,15,16)(H2,17,18,19)/b3-2+/t7-,8-,9-/m1/s1. The molecule has 21 heavy (non-hydrogen) atoms. The minimum Gasteiger partial charge on any atom is -0.390 e. The maximum atomic E-state index is 11.7. The zero-order chi connectivity index (χ0) is 15.8. The molecule has 2 rings (SSSR count). The lowest BCUT2D eigenvalue weighted by Crippen LogP contribution is -2.33. The number of hydrogen-bond acceptors (Lipinski definition) is 5. The van der Waals surface area contributed by atoms with E-state index in [1.165, 1.54) is 13.1 Å². The predicted molar refractivity (Wildman–Crippen MR) is 71.8 cm³/mol. The van der Waals surface area contributed by atoms with E-state index >= 15 is 0 Å². The molecular weight excluding hydrogens is 303 g/mol. The van der Waals surface area contributed by atoms with Crippen LogP contribution in [0.1, 0.15) is 18.2 Å². The first-order valence-electron chi connectivity index (χ1n) is 6.07. The molecular formula is C11H15N2O7P. The summed E-state index contributed by atoms with van der Waals surface area (Å²) < 4.78 is 17.3. The van der Waals surface area contributed by atoms with Gasteiger partial charge in [0.2, 0.25) is 0 Å². The number of aromatic amines is 1. The first-order valence-corrected chi connectivity index (χ1v) is 7.76. The van der Waals surface area contributed by atoms with Gasteiger partial charge in [-0.2, -0.15) is 0 Å². The van der Waals surface area contributed by atoms with Crippen LogP contribution in [0.5, 0.6) is 0 Å². The zero-order valence-electron chi connectivity index (χ0n) is 11.0. The van der Waals surface area contributed by atoms with Gasteiger partial charge in [-0.05, 0) is 13.0 Å². The van der Waals surface area contributed by atoms with Crippen LogP contribution in [0.4, 0.5) is 0 Å². The fraction of sp³-hybridized carbons (Fsp3) is 0.455. The Morgan fingerprint density at radius 3 is 2.76 bits per heavy atom. The summed E-state index contributed by atoms with van der Waals surface area (Å²) in [7, 11) is -4.35. The summed E-state index contributed by atoms with van der Waals surface area (Å²) in [5, 5.41) is 9.82. The van der Waals surface area contributed by atoms with Gasteiger partial charge in [0.15, 0.2) is 0 Å². The average molecular weight is 318 g/mol. The van der Waals surface area contributed by atoms with Gasteiger partial charge in [0.05, 0.1) is 6.10 Å². The Hall–Kier alpha value is -1.51. The Bertz CT molecular complexity index is 716. The summed E-state index contributed by atoms with van der Waals surface area (Å²) in [4.78, 5) is 42.6. The summed E-state index contributed by atoms with van der Waals surface area (Å²) in [5.74, 6) is 0.643. The van der Waals surface area contributed by atoms with E-state index in [-0.39, 0.29) is 6.42 Å². The quantitative estimate of drug-likeness (QED) is 0.534. The average Bonchev–Trinajstić information content (AvgIpc) is 2.72. The highest BCUT2D eigenvalue weighted by atomic mass is 31.2. The van der Waals surface area contributed by atoms with Gasteiger partial charge in [0, 0.05) is 24.0 Å². The van der Waals surface area contributed by atoms with Gasteiger partial charge in [-0.1, -0.05) is 0 Å². The van der Waals surface area contributed by atoms with Crippen molar-refractivity contribution in [3.05, 3.63) is 44.5 Å². The number of aliphatic hydroxyl groups excluding tert-OH is 1. The van der Waals surface area contributed by atoms with Crippen LogP contribution in [0.3, 0.4) is 0 Å². The molecule has 0 amide bonds. The number of nitrogens with zero attached hydrogens (tertiary/aromatic N) is 1. The van der Waals surface area contributed by atoms with E-state index in [4.69, 9.17) is 14.5 Å². The van der Waals surface area contributed by atoms with Gasteiger partial charge in [-0.15, -0.1) is 0 Å². The van der Waals surface area contributed by atoms with Crippen molar-refractivity contribution < 1.29 is 24.2 Å². The van der Waals surface area contributed by atoms with Gasteiger partial charge in [0.25, 0.3) is 5.56 Å². The molecule has 3 atom stereocenters. The fourth-order valence-electron chi connectivity index (χ4n) is 2.02. The molecule has 0 radical (unpaired) electrons. The Balaban J connectivity index is 2.24. The molecule has 2 heterocycles. The Labute approximate surface area is 118 Å². The van der Waals surface area contributed by atoms with Crippen LogP contribution in [0.15, 0.2) is 27.7 Å². The SMILES string of the molecule is Cc1cn([C@H]2C[C@@H](O)[C@@H](/C=C/P(=O)(O)O)O2)c(=O)[nH]c1=O. The van der Waals surface area contributed by atoms with Gasteiger partial charge in [-0.25, -0.2) is 4.79 Å². The molecule has 10 heteroatoms. The van der Waals surface area contributed by atoms with Crippen molar-refractivity contribution in [2.45, 2.75) is 31.8 Å². The van der Waals surface area contributed by atoms with E-state index < -0.39 is 37.3 Å². The third-order valence-corrected chi connectivity index (χ3v) is 3.62. The first-order chi connectivity index (χ1) is 9.67. The number of H-pyrrole nitrogens is 1. The molecule has 0 spiro atoms. The van der Waals surface area contributed by atoms with Crippen molar-refractivity contribution in [3.63, 3.8) is 0 Å². The number of aliphatic hydroxyl groups is 1. The Kier molecular flexibility index (Phi) is 4.31. The zero-order valence-corrected chi connectivity index (χ0v) is 11.9. The highest BCUT2D eigenvalue weighted by molar-refractivity contribution is 7.55. The molecule has 0 aromatic carbocycles. The summed E-state index contributed by atoms with van der Waals surface area (Å²) >= 11 is 0. The topological polar surface area (TPSA) is 142 Å². The molecule has 1 aromatic heterocycles. The molecule has 1 aliphatic rings. The second kappa shape index (κ2) is 5.70. The van der Waals surface area contributed by atoms with Crippen LogP contribution in [-0.4, -0.2) is 36.7 Å². The highest BCUT2D eigenvalue weighted by Crippen LogP contribution is 2.38. The smallest absolute Gasteiger partial charge is 0.348 e. The van der Waals surface area contributed by atoms with Crippen LogP contribution in [0.2, 0.25) is 0 Å². The van der Waals surface area contributed by atoms with Crippen LogP contribution >= 0.6 is 7.60 Å². The molecule has 116 valence electrons. The molecule has 1 aromatic rings. The van der Waals surface area contributed by atoms with Crippen molar-refractivity contribution in [3.8, 4) is 0 Å². The minimum atomic E-state index is -4.35. The van der Waals surface area contributed by atoms with Crippen molar-refractivity contribution in [2.24, 2.45) is 0 Å². The minimum absolute atomic E-state index is 0.0571. The van der Waals surface area contributed by atoms with Crippen LogP contribution in [0.25, 0.3) is 0 Å². The van der Waals surface area contributed by atoms with Crippen molar-refractivity contribution in [1.82, 2.24) is 9.55 Å². The van der Waals surface area contributed by atoms with E-state index in [2.05, 4.69) is 4.98 Å². The highest BCUT2D eigenvalue weighted by Gasteiger charge is 2.34. The molecule has 9 nitrogen and oxygen atoms in total. The summed E-state index contributed by atoms with van der Waals surface area (Å²) in [5.41, 5.74) is -0.878. The van der Waals surface area contributed by atoms with Crippen molar-refractivity contribution in [1.29, 1.82) is 0 Å². The molecule has 0 saturated carbocycles. The lowest BCUT2D eigenvalue weighted by atomic mass is 10.2. The maximum absolute atomic E-state index is 11.7. The van der Waals surface area contributed by atoms with Gasteiger partial charge in [0.1, 0.15) is 12.3 Å². The van der Waals surface area contributed by atoms with Crippen molar-refractivity contribution in [2.75, 3.05) is 0 Å². The van der Waals surface area contributed by atoms with E-state index in [9.17, 15) is 19.3 Å². The van der Waals surface area contributed by atoms with E-state index in [1.54, 1.807) is 0 Å². The summed E-state index contributed by atoms with van der Waals surface area (Å²) in [6.07, 6.45) is -0.349. The van der Waals surface area contributed by atoms with Gasteiger partial charge >= 0.3 is 13.3 Å². The third-order valence-electron chi connectivity index (χ3n) is 3.06. The maximum Gasteiger partial charge on any atom is 0.348 e. The Morgan fingerprint density at radius 1 is 1.48 bits per heavy atom. The number of aromatic nitrogens is 2. The normalized spacial score (nSPS) is 26.6. The lowest BCUT2D eigenvalue weighted by Gasteiger charge is -2.14. The van der Waals surface area contributed by atoms with E-state index in [1.807, 2.05) is 0 Å². The van der Waals surface area contributed by atoms with E-state index in [0.29, 0.717) is 11.4 Å². The number of rotatable bonds is 3. The number of hydrogen-bond donors (Lipinski definition) is 4. The second-order valence-corrected chi connectivity index (χ2v) is 6.24. The molecule has 1 saturated heterocycles. The molecule has 1 fully saturated rings. The van der Waals surface area contributed by atoms with Crippen LogP contribution < -0.4 is 11.2 Å². The molecule has 0 bridgehead atoms. The number of ether oxygens (including phenoxy) is 1. The predicted octanol–water partition coefficient (Wildman–Crippen LogP) is -0.815. The lowest BCUT2D eigenvalue weighted by molar-refractivity contribution is 0.00475. The largest absolute Gasteiger partial charge is 0.390 e. The van der Waals surface area contributed by atoms with Crippen LogP contribution in [-0.2, 0) is 9.30 Å². The number of nitrogens with one attached hydrogen (secondary N) is 1. The van der Waals surface area contributed by atoms with Crippen molar-refractivity contribution >= 4 is 7.60 Å². The monoisotopic (exact) mass is 318 g/mol. The van der Waals surface area contributed by atoms with Gasteiger partial charge < -0.3 is 19.6 Å². The second-order valence-electron chi connectivity index (χ2n) is 4.77. The molecule has 1 aliphatic heterocycles. The summed E-state index contributed by atoms with van der Waals surface area (Å²) in [6, 6.07) is 0. The Morgan fingerprint density at radius 2 is 2.14 bits per heavy atom. The van der Waals surface area contributed by atoms with Crippen LogP contribution in [0, 0.1) is 6.92 Å². The molecule has 4 N–H and O–H groups in total. The van der Waals surface area contributed by atoms with E-state index in [0.717, 1.165) is 10.6 Å². The molecule has 0 aliphatic carbocycles. The number of aryl methyl sites for hydroxylation is 1. The molecule has 0 unspecified atom stereocenters. The summed E-state index contributed by atoms with van der Waals surface area (Å²) in [6.45, 7) is 1.52.